The molecule has 0 saturated carbocycles. The molecule has 0 N–H and O–H groups in total. The second-order valence-electron chi connectivity index (χ2n) is 8.70. The fraction of sp³-hybridized carbons (Fsp3) is 0.444. The Morgan fingerprint density at radius 1 is 0.892 bits per heavy atom. The lowest BCUT2D eigenvalue weighted by Crippen LogP contribution is -2.38. The molecular formula is C27H33F3O6Si. The molecule has 1 heterocycles. The summed E-state index contributed by atoms with van der Waals surface area (Å²) in [4.78, 5) is 12.6. The first-order chi connectivity index (χ1) is 17.6. The Kier molecular flexibility index (Phi) is 10.2. The highest BCUT2D eigenvalue weighted by atomic mass is 28.4. The van der Waals surface area contributed by atoms with Gasteiger partial charge in [-0.1, -0.05) is 37.5 Å². The van der Waals surface area contributed by atoms with Crippen LogP contribution in [0.15, 0.2) is 57.7 Å². The van der Waals surface area contributed by atoms with Crippen LogP contribution in [0.25, 0.3) is 22.1 Å². The third-order valence-corrected chi connectivity index (χ3v) is 8.86. The summed E-state index contributed by atoms with van der Waals surface area (Å²) in [6, 6.07) is 13.0. The Morgan fingerprint density at radius 2 is 1.59 bits per heavy atom. The van der Waals surface area contributed by atoms with E-state index in [1.54, 1.807) is 18.2 Å². The predicted molar refractivity (Wildman–Crippen MR) is 138 cm³/mol. The number of fused-ring (bicyclic) bond motifs is 1. The zero-order valence-corrected chi connectivity index (χ0v) is 22.4. The Hall–Kier alpha value is -2.82. The fourth-order valence-electron chi connectivity index (χ4n) is 4.16. The summed E-state index contributed by atoms with van der Waals surface area (Å²) in [5, 5.41) is 0.555. The average molecular weight is 539 g/mol. The van der Waals surface area contributed by atoms with Crippen molar-refractivity contribution < 1.29 is 35.9 Å². The molecule has 0 atom stereocenters. The van der Waals surface area contributed by atoms with Crippen LogP contribution in [0, 0.1) is 0 Å². The lowest BCUT2D eigenvalue weighted by Gasteiger charge is -2.25. The molecule has 1 aromatic heterocycles. The van der Waals surface area contributed by atoms with Crippen molar-refractivity contribution in [3.05, 3.63) is 59.0 Å². The van der Waals surface area contributed by atoms with Gasteiger partial charge >= 0.3 is 20.5 Å². The number of benzene rings is 2. The summed E-state index contributed by atoms with van der Waals surface area (Å²) in [6.45, 7) is 7.95. The van der Waals surface area contributed by atoms with Crippen LogP contribution in [0.5, 0.6) is 11.5 Å². The van der Waals surface area contributed by atoms with E-state index in [0.717, 1.165) is 37.8 Å². The molecule has 10 heteroatoms. The van der Waals surface area contributed by atoms with E-state index in [-0.39, 0.29) is 16.7 Å². The van der Waals surface area contributed by atoms with E-state index >= 15 is 0 Å². The van der Waals surface area contributed by atoms with Gasteiger partial charge in [0.05, 0.1) is 12.2 Å². The number of alkyl halides is 3. The quantitative estimate of drug-likeness (QED) is 0.121. The number of para-hydroxylation sites is 1. The lowest BCUT2D eigenvalue weighted by atomic mass is 10.0. The van der Waals surface area contributed by atoms with Crippen LogP contribution >= 0.6 is 0 Å². The maximum Gasteiger partial charge on any atom is 0.573 e. The second-order valence-corrected chi connectivity index (χ2v) is 12.0. The summed E-state index contributed by atoms with van der Waals surface area (Å²) in [5.74, 6) is 0.0845. The van der Waals surface area contributed by atoms with Crippen molar-refractivity contribution in [3.8, 4) is 22.6 Å². The van der Waals surface area contributed by atoms with Crippen molar-refractivity contribution in [3.63, 3.8) is 0 Å². The summed E-state index contributed by atoms with van der Waals surface area (Å²) < 4.78 is 65.4. The molecule has 2 aromatic carbocycles. The van der Waals surface area contributed by atoms with E-state index in [4.69, 9.17) is 18.0 Å². The van der Waals surface area contributed by atoms with Gasteiger partial charge in [-0.15, -0.1) is 13.2 Å². The number of hydrogen-bond acceptors (Lipinski definition) is 6. The standard InChI is InChI=1S/C27H33F3O6Si/c1-4-33-37(3,34-5-2)17-11-7-6-10-16-32-21-15-14-20-18-23(26(31)35-25(20)19-21)22-12-8-9-13-24(22)36-27(28,29)30/h8-9,12-15,18-19H,4-7,10-11,16-17H2,1-3H3. The molecule has 0 fully saturated rings. The molecule has 0 bridgehead atoms. The van der Waals surface area contributed by atoms with Crippen LogP contribution in [0.3, 0.4) is 0 Å². The van der Waals surface area contributed by atoms with Gasteiger partial charge in [0.2, 0.25) is 0 Å². The molecule has 0 spiro atoms. The van der Waals surface area contributed by atoms with Gasteiger partial charge in [0.15, 0.2) is 0 Å². The van der Waals surface area contributed by atoms with Crippen LogP contribution < -0.4 is 15.1 Å². The highest BCUT2D eigenvalue weighted by Gasteiger charge is 2.32. The monoisotopic (exact) mass is 538 g/mol. The van der Waals surface area contributed by atoms with Crippen LogP contribution in [0.2, 0.25) is 12.6 Å². The molecule has 6 nitrogen and oxygen atoms in total. The highest BCUT2D eigenvalue weighted by Crippen LogP contribution is 2.33. The van der Waals surface area contributed by atoms with Gasteiger partial charge in [-0.2, -0.15) is 0 Å². The molecule has 3 aromatic rings. The smallest absolute Gasteiger partial charge is 0.493 e. The molecule has 0 amide bonds. The molecule has 202 valence electrons. The molecule has 0 radical (unpaired) electrons. The number of rotatable bonds is 14. The first-order valence-corrected chi connectivity index (χ1v) is 15.0. The summed E-state index contributed by atoms with van der Waals surface area (Å²) in [5.41, 5.74) is -0.496. The number of ether oxygens (including phenoxy) is 2. The van der Waals surface area contributed by atoms with Crippen LogP contribution in [0.1, 0.15) is 39.5 Å². The van der Waals surface area contributed by atoms with E-state index < -0.39 is 26.3 Å². The predicted octanol–water partition coefficient (Wildman–Crippen LogP) is 7.44. The number of unbranched alkanes of at least 4 members (excludes halogenated alkanes) is 3. The van der Waals surface area contributed by atoms with Crippen LogP contribution in [-0.2, 0) is 8.85 Å². The number of hydrogen-bond donors (Lipinski definition) is 0. The molecule has 3 rings (SSSR count). The van der Waals surface area contributed by atoms with Crippen molar-refractivity contribution in [2.75, 3.05) is 19.8 Å². The third kappa shape index (κ3) is 8.62. The first-order valence-electron chi connectivity index (χ1n) is 12.5. The van der Waals surface area contributed by atoms with Crippen molar-refractivity contribution in [1.29, 1.82) is 0 Å². The van der Waals surface area contributed by atoms with E-state index in [0.29, 0.717) is 31.0 Å². The summed E-state index contributed by atoms with van der Waals surface area (Å²) in [6.07, 6.45) is -0.897. The average Bonchev–Trinajstić information content (AvgIpc) is 2.83. The zero-order chi connectivity index (χ0) is 26.9. The maximum atomic E-state index is 12.8. The molecule has 0 unspecified atom stereocenters. The maximum absolute atomic E-state index is 12.8. The molecule has 0 aliphatic carbocycles. The first kappa shape index (κ1) is 28.7. The van der Waals surface area contributed by atoms with Crippen LogP contribution in [-0.4, -0.2) is 34.7 Å². The van der Waals surface area contributed by atoms with Crippen molar-refractivity contribution >= 4 is 19.5 Å². The van der Waals surface area contributed by atoms with Crippen LogP contribution in [0.4, 0.5) is 13.2 Å². The van der Waals surface area contributed by atoms with Crippen molar-refractivity contribution in [2.24, 2.45) is 0 Å². The Balaban J connectivity index is 1.57. The van der Waals surface area contributed by atoms with Gasteiger partial charge in [-0.05, 0) is 57.1 Å². The van der Waals surface area contributed by atoms with Gasteiger partial charge < -0.3 is 22.7 Å². The summed E-state index contributed by atoms with van der Waals surface area (Å²) >= 11 is 0. The van der Waals surface area contributed by atoms with E-state index in [9.17, 15) is 18.0 Å². The van der Waals surface area contributed by atoms with Gasteiger partial charge in [0.1, 0.15) is 17.1 Å². The lowest BCUT2D eigenvalue weighted by molar-refractivity contribution is -0.274. The SMILES string of the molecule is CCO[Si](C)(CCCCCCOc1ccc2cc(-c3ccccc3OC(F)(F)F)c(=O)oc2c1)OCC. The molecule has 0 aliphatic heterocycles. The second kappa shape index (κ2) is 13.1. The largest absolute Gasteiger partial charge is 0.573 e. The molecule has 0 aliphatic rings. The Labute approximate surface area is 215 Å². The minimum absolute atomic E-state index is 0.00120. The highest BCUT2D eigenvalue weighted by molar-refractivity contribution is 6.66. The normalized spacial score (nSPS) is 12.2. The van der Waals surface area contributed by atoms with Gasteiger partial charge in [-0.25, -0.2) is 4.79 Å². The Morgan fingerprint density at radius 3 is 2.30 bits per heavy atom. The van der Waals surface area contributed by atoms with E-state index in [1.807, 2.05) is 13.8 Å². The fourth-order valence-corrected chi connectivity index (χ4v) is 6.65. The molecular weight excluding hydrogens is 505 g/mol. The molecule has 37 heavy (non-hydrogen) atoms. The number of halogens is 3. The van der Waals surface area contributed by atoms with E-state index in [1.165, 1.54) is 24.3 Å². The van der Waals surface area contributed by atoms with Gasteiger partial charge in [0, 0.05) is 30.2 Å². The minimum atomic E-state index is -4.88. The van der Waals surface area contributed by atoms with Crippen molar-refractivity contribution in [1.82, 2.24) is 0 Å². The van der Waals surface area contributed by atoms with Gasteiger partial charge in [-0.3, -0.25) is 0 Å². The third-order valence-electron chi connectivity index (χ3n) is 5.80. The minimum Gasteiger partial charge on any atom is -0.493 e. The zero-order valence-electron chi connectivity index (χ0n) is 21.4. The summed E-state index contributed by atoms with van der Waals surface area (Å²) in [7, 11) is -2.07. The van der Waals surface area contributed by atoms with Gasteiger partial charge in [0.25, 0.3) is 0 Å². The molecule has 0 saturated heterocycles. The topological polar surface area (TPSA) is 67.1 Å². The van der Waals surface area contributed by atoms with E-state index in [2.05, 4.69) is 11.3 Å². The van der Waals surface area contributed by atoms with Crippen molar-refractivity contribution in [2.45, 2.75) is 58.5 Å². The Bertz CT molecular complexity index is 1200.